The van der Waals surface area contributed by atoms with E-state index in [2.05, 4.69) is 10.6 Å². The van der Waals surface area contributed by atoms with Gasteiger partial charge in [-0.05, 0) is 55.5 Å². The van der Waals surface area contributed by atoms with E-state index < -0.39 is 0 Å². The number of hydrogen-bond acceptors (Lipinski definition) is 4. The van der Waals surface area contributed by atoms with E-state index in [0.717, 1.165) is 4.90 Å². The third-order valence-electron chi connectivity index (χ3n) is 3.29. The fourth-order valence-electron chi connectivity index (χ4n) is 2.05. The normalized spacial score (nSPS) is 10.2. The van der Waals surface area contributed by atoms with Crippen LogP contribution in [0.4, 0.5) is 10.1 Å². The quantitative estimate of drug-likeness (QED) is 0.658. The number of halogens is 1. The molecule has 5 nitrogen and oxygen atoms in total. The number of rotatable bonds is 9. The highest BCUT2D eigenvalue weighted by atomic mass is 32.2. The molecule has 2 amide bonds. The van der Waals surface area contributed by atoms with E-state index in [1.54, 1.807) is 36.4 Å². The average Bonchev–Trinajstić information content (AvgIpc) is 2.63. The zero-order chi connectivity index (χ0) is 18.8. The SMILES string of the molecule is CCNC(=O)COc1ccc(NC(=O)CCSc2ccc(F)cc2)cc1. The molecule has 0 unspecified atom stereocenters. The van der Waals surface area contributed by atoms with Crippen LogP contribution in [0.3, 0.4) is 0 Å². The summed E-state index contributed by atoms with van der Waals surface area (Å²) >= 11 is 1.50. The van der Waals surface area contributed by atoms with Crippen molar-refractivity contribution in [3.63, 3.8) is 0 Å². The van der Waals surface area contributed by atoms with Gasteiger partial charge in [-0.1, -0.05) is 0 Å². The van der Waals surface area contributed by atoms with Gasteiger partial charge in [-0.25, -0.2) is 4.39 Å². The Hall–Kier alpha value is -2.54. The van der Waals surface area contributed by atoms with E-state index in [1.807, 2.05) is 6.92 Å². The molecule has 2 rings (SSSR count). The molecule has 0 fully saturated rings. The minimum Gasteiger partial charge on any atom is -0.484 e. The summed E-state index contributed by atoms with van der Waals surface area (Å²) in [6.07, 6.45) is 0.345. The molecule has 7 heteroatoms. The van der Waals surface area contributed by atoms with E-state index in [9.17, 15) is 14.0 Å². The number of ether oxygens (including phenoxy) is 1. The van der Waals surface area contributed by atoms with Gasteiger partial charge in [-0.15, -0.1) is 11.8 Å². The highest BCUT2D eigenvalue weighted by molar-refractivity contribution is 7.99. The predicted molar refractivity (Wildman–Crippen MR) is 101 cm³/mol. The standard InChI is InChI=1S/C19H21FN2O3S/c1-2-21-19(24)13-25-16-7-5-15(6-8-16)22-18(23)11-12-26-17-9-3-14(20)4-10-17/h3-10H,2,11-13H2,1H3,(H,21,24)(H,22,23). The maximum absolute atomic E-state index is 12.8. The molecule has 0 radical (unpaired) electrons. The van der Waals surface area contributed by atoms with Crippen LogP contribution in [0.25, 0.3) is 0 Å². The van der Waals surface area contributed by atoms with Crippen LogP contribution >= 0.6 is 11.8 Å². The van der Waals surface area contributed by atoms with Crippen molar-refractivity contribution in [3.05, 3.63) is 54.3 Å². The van der Waals surface area contributed by atoms with Crippen molar-refractivity contribution in [2.45, 2.75) is 18.2 Å². The Morgan fingerprint density at radius 2 is 1.73 bits per heavy atom. The lowest BCUT2D eigenvalue weighted by atomic mass is 10.3. The van der Waals surface area contributed by atoms with E-state index in [-0.39, 0.29) is 24.2 Å². The summed E-state index contributed by atoms with van der Waals surface area (Å²) in [4.78, 5) is 24.2. The fourth-order valence-corrected chi connectivity index (χ4v) is 2.90. The molecule has 0 aromatic heterocycles. The molecule has 0 aliphatic heterocycles. The summed E-state index contributed by atoms with van der Waals surface area (Å²) in [6, 6.07) is 13.0. The molecular weight excluding hydrogens is 355 g/mol. The summed E-state index contributed by atoms with van der Waals surface area (Å²) in [5.74, 6) is 0.608. The lowest BCUT2D eigenvalue weighted by molar-refractivity contribution is -0.123. The van der Waals surface area contributed by atoms with Gasteiger partial charge in [0.2, 0.25) is 5.91 Å². The molecule has 0 aliphatic carbocycles. The van der Waals surface area contributed by atoms with Gasteiger partial charge < -0.3 is 15.4 Å². The van der Waals surface area contributed by atoms with Gasteiger partial charge in [0.15, 0.2) is 6.61 Å². The van der Waals surface area contributed by atoms with Crippen LogP contribution in [0.5, 0.6) is 5.75 Å². The van der Waals surface area contributed by atoms with Gasteiger partial charge in [0, 0.05) is 29.3 Å². The van der Waals surface area contributed by atoms with E-state index in [0.29, 0.717) is 30.2 Å². The average molecular weight is 376 g/mol. The molecule has 26 heavy (non-hydrogen) atoms. The molecule has 0 spiro atoms. The van der Waals surface area contributed by atoms with Crippen molar-refractivity contribution in [1.29, 1.82) is 0 Å². The lowest BCUT2D eigenvalue weighted by Crippen LogP contribution is -2.28. The zero-order valence-electron chi connectivity index (χ0n) is 14.5. The Bertz CT molecular complexity index is 721. The van der Waals surface area contributed by atoms with Crippen molar-refractivity contribution in [2.75, 3.05) is 24.2 Å². The summed E-state index contributed by atoms with van der Waals surface area (Å²) < 4.78 is 18.2. The number of benzene rings is 2. The maximum Gasteiger partial charge on any atom is 0.257 e. The number of nitrogens with one attached hydrogen (secondary N) is 2. The van der Waals surface area contributed by atoms with Crippen molar-refractivity contribution < 1.29 is 18.7 Å². The first kappa shape index (κ1) is 19.8. The summed E-state index contributed by atoms with van der Waals surface area (Å²) in [6.45, 7) is 2.36. The molecule has 0 saturated carbocycles. The molecule has 2 aromatic rings. The second-order valence-corrected chi connectivity index (χ2v) is 6.54. The van der Waals surface area contributed by atoms with Gasteiger partial charge in [0.05, 0.1) is 0 Å². The van der Waals surface area contributed by atoms with Crippen molar-refractivity contribution in [3.8, 4) is 5.75 Å². The number of carbonyl (C=O) groups excluding carboxylic acids is 2. The number of likely N-dealkylation sites (N-methyl/N-ethyl adjacent to an activating group) is 1. The van der Waals surface area contributed by atoms with Crippen LogP contribution in [-0.2, 0) is 9.59 Å². The number of anilines is 1. The minimum absolute atomic E-state index is 0.0415. The van der Waals surface area contributed by atoms with Crippen LogP contribution < -0.4 is 15.4 Å². The van der Waals surface area contributed by atoms with E-state index in [4.69, 9.17) is 4.74 Å². The zero-order valence-corrected chi connectivity index (χ0v) is 15.3. The predicted octanol–water partition coefficient (Wildman–Crippen LogP) is 3.46. The first-order valence-corrected chi connectivity index (χ1v) is 9.23. The molecule has 0 heterocycles. The Labute approximate surface area is 156 Å². The molecule has 0 saturated heterocycles. The van der Waals surface area contributed by atoms with Crippen LogP contribution in [0.1, 0.15) is 13.3 Å². The number of hydrogen-bond donors (Lipinski definition) is 2. The van der Waals surface area contributed by atoms with Crippen LogP contribution in [0.2, 0.25) is 0 Å². The van der Waals surface area contributed by atoms with E-state index in [1.165, 1.54) is 23.9 Å². The van der Waals surface area contributed by atoms with Crippen molar-refractivity contribution in [1.82, 2.24) is 5.32 Å². The smallest absolute Gasteiger partial charge is 0.257 e. The molecule has 138 valence electrons. The Morgan fingerprint density at radius 1 is 1.04 bits per heavy atom. The van der Waals surface area contributed by atoms with Crippen molar-refractivity contribution >= 4 is 29.3 Å². The molecular formula is C19H21FN2O3S. The van der Waals surface area contributed by atoms with Crippen molar-refractivity contribution in [2.24, 2.45) is 0 Å². The van der Waals surface area contributed by atoms with Gasteiger partial charge >= 0.3 is 0 Å². The van der Waals surface area contributed by atoms with Crippen LogP contribution in [0.15, 0.2) is 53.4 Å². The van der Waals surface area contributed by atoms with Gasteiger partial charge in [-0.3, -0.25) is 9.59 Å². The second-order valence-electron chi connectivity index (χ2n) is 5.37. The van der Waals surface area contributed by atoms with Gasteiger partial charge in [0.1, 0.15) is 11.6 Å². The fraction of sp³-hybridized carbons (Fsp3) is 0.263. The molecule has 0 bridgehead atoms. The van der Waals surface area contributed by atoms with Gasteiger partial charge in [-0.2, -0.15) is 0 Å². The van der Waals surface area contributed by atoms with Crippen LogP contribution in [0, 0.1) is 5.82 Å². The number of thioether (sulfide) groups is 1. The second kappa shape index (κ2) is 10.5. The Balaban J connectivity index is 1.71. The number of amides is 2. The number of carbonyl (C=O) groups is 2. The Morgan fingerprint density at radius 3 is 2.38 bits per heavy atom. The topological polar surface area (TPSA) is 67.4 Å². The monoisotopic (exact) mass is 376 g/mol. The maximum atomic E-state index is 12.8. The third kappa shape index (κ3) is 7.14. The summed E-state index contributed by atoms with van der Waals surface area (Å²) in [7, 11) is 0. The minimum atomic E-state index is -0.273. The highest BCUT2D eigenvalue weighted by Crippen LogP contribution is 2.20. The summed E-state index contributed by atoms with van der Waals surface area (Å²) in [5.41, 5.74) is 0.659. The van der Waals surface area contributed by atoms with Gasteiger partial charge in [0.25, 0.3) is 5.91 Å². The first-order valence-electron chi connectivity index (χ1n) is 8.24. The summed E-state index contributed by atoms with van der Waals surface area (Å²) in [5, 5.41) is 5.45. The molecule has 0 aliphatic rings. The highest BCUT2D eigenvalue weighted by Gasteiger charge is 2.05. The first-order chi connectivity index (χ1) is 12.6. The lowest BCUT2D eigenvalue weighted by Gasteiger charge is -2.08. The molecule has 0 atom stereocenters. The van der Waals surface area contributed by atoms with Crippen LogP contribution in [-0.4, -0.2) is 30.7 Å². The largest absolute Gasteiger partial charge is 0.484 e. The van der Waals surface area contributed by atoms with E-state index >= 15 is 0 Å². The molecule has 2 aromatic carbocycles. The molecule has 2 N–H and O–H groups in total. The Kier molecular flexibility index (Phi) is 7.95. The third-order valence-corrected chi connectivity index (χ3v) is 4.31.